The van der Waals surface area contributed by atoms with Crippen molar-refractivity contribution in [1.29, 1.82) is 5.26 Å². The summed E-state index contributed by atoms with van der Waals surface area (Å²) in [5.41, 5.74) is 4.43. The summed E-state index contributed by atoms with van der Waals surface area (Å²) >= 11 is 0. The lowest BCUT2D eigenvalue weighted by molar-refractivity contribution is 0.865. The molecule has 1 aromatic heterocycles. The molecule has 7 heteroatoms. The maximum absolute atomic E-state index is 9.22. The van der Waals surface area contributed by atoms with E-state index >= 15 is 0 Å². The van der Waals surface area contributed by atoms with Gasteiger partial charge in [0.1, 0.15) is 6.07 Å². The van der Waals surface area contributed by atoms with Gasteiger partial charge in [-0.25, -0.2) is 0 Å². The molecule has 0 spiro atoms. The van der Waals surface area contributed by atoms with Crippen LogP contribution in [0.4, 0.5) is 28.8 Å². The molecule has 0 aliphatic carbocycles. The van der Waals surface area contributed by atoms with Crippen LogP contribution in [0, 0.1) is 18.3 Å². The van der Waals surface area contributed by atoms with Gasteiger partial charge in [0.05, 0.1) is 17.4 Å². The molecule has 0 amide bonds. The number of nitriles is 1. The van der Waals surface area contributed by atoms with Crippen molar-refractivity contribution in [2.24, 2.45) is 0 Å². The largest absolute Gasteiger partial charge is 0.372 e. The molecule has 2 aromatic carbocycles. The fourth-order valence-electron chi connectivity index (χ4n) is 2.94. The van der Waals surface area contributed by atoms with Crippen LogP contribution in [0.2, 0.25) is 0 Å². The molecular formula is C21H23N7. The normalized spacial score (nSPS) is 10.2. The fourth-order valence-corrected chi connectivity index (χ4v) is 2.94. The third kappa shape index (κ3) is 4.35. The molecule has 0 atom stereocenters. The Morgan fingerprint density at radius 2 is 1.82 bits per heavy atom. The van der Waals surface area contributed by atoms with E-state index in [1.54, 1.807) is 6.07 Å². The Hall–Kier alpha value is -3.66. The van der Waals surface area contributed by atoms with E-state index in [1.165, 1.54) is 11.9 Å². The van der Waals surface area contributed by atoms with Gasteiger partial charge in [-0.2, -0.15) is 15.3 Å². The van der Waals surface area contributed by atoms with E-state index in [9.17, 15) is 5.26 Å². The summed E-state index contributed by atoms with van der Waals surface area (Å²) in [4.78, 5) is 6.75. The third-order valence-electron chi connectivity index (χ3n) is 4.45. The van der Waals surface area contributed by atoms with Crippen LogP contribution in [0.25, 0.3) is 0 Å². The van der Waals surface area contributed by atoms with E-state index in [4.69, 9.17) is 0 Å². The molecule has 0 saturated carbocycles. The minimum absolute atomic E-state index is 0.387. The highest BCUT2D eigenvalue weighted by Crippen LogP contribution is 2.25. The maximum Gasteiger partial charge on any atom is 0.249 e. The highest BCUT2D eigenvalue weighted by atomic mass is 15.3. The molecule has 0 aliphatic rings. The molecule has 0 saturated heterocycles. The van der Waals surface area contributed by atoms with E-state index in [0.29, 0.717) is 23.0 Å². The van der Waals surface area contributed by atoms with Crippen LogP contribution in [-0.4, -0.2) is 28.3 Å². The molecule has 0 radical (unpaired) electrons. The van der Waals surface area contributed by atoms with Crippen molar-refractivity contribution in [2.45, 2.75) is 20.8 Å². The quantitative estimate of drug-likeness (QED) is 0.635. The number of benzene rings is 2. The second kappa shape index (κ2) is 8.82. The molecule has 7 nitrogen and oxygen atoms in total. The molecule has 0 fully saturated rings. The van der Waals surface area contributed by atoms with Crippen molar-refractivity contribution in [3.63, 3.8) is 0 Å². The van der Waals surface area contributed by atoms with Gasteiger partial charge in [-0.3, -0.25) is 0 Å². The first kappa shape index (κ1) is 19.1. The Bertz CT molecular complexity index is 990. The smallest absolute Gasteiger partial charge is 0.249 e. The molecule has 3 aromatic rings. The summed E-state index contributed by atoms with van der Waals surface area (Å²) in [7, 11) is 0. The highest BCUT2D eigenvalue weighted by molar-refractivity contribution is 5.66. The number of hydrogen-bond acceptors (Lipinski definition) is 7. The average Bonchev–Trinajstić information content (AvgIpc) is 2.71. The SMILES string of the molecule is CCN(CC)c1ccc(Nc2nncc(Nc3ccccc3C#N)n2)c(C)c1. The summed E-state index contributed by atoms with van der Waals surface area (Å²) in [5, 5.41) is 23.6. The number of aryl methyl sites for hydroxylation is 1. The molecule has 0 aliphatic heterocycles. The average molecular weight is 373 g/mol. The fraction of sp³-hybridized carbons (Fsp3) is 0.238. The van der Waals surface area contributed by atoms with E-state index in [0.717, 1.165) is 24.3 Å². The van der Waals surface area contributed by atoms with Crippen molar-refractivity contribution in [3.05, 3.63) is 59.8 Å². The van der Waals surface area contributed by atoms with Crippen LogP contribution in [0.1, 0.15) is 25.0 Å². The maximum atomic E-state index is 9.22. The first-order valence-corrected chi connectivity index (χ1v) is 9.23. The first-order valence-electron chi connectivity index (χ1n) is 9.23. The summed E-state index contributed by atoms with van der Waals surface area (Å²) in [6.07, 6.45) is 1.52. The van der Waals surface area contributed by atoms with Gasteiger partial charge in [0.25, 0.3) is 0 Å². The Morgan fingerprint density at radius 3 is 2.54 bits per heavy atom. The molecule has 1 heterocycles. The van der Waals surface area contributed by atoms with Crippen LogP contribution in [0.5, 0.6) is 0 Å². The summed E-state index contributed by atoms with van der Waals surface area (Å²) in [5.74, 6) is 0.899. The van der Waals surface area contributed by atoms with Crippen molar-refractivity contribution < 1.29 is 0 Å². The number of para-hydroxylation sites is 1. The minimum Gasteiger partial charge on any atom is -0.372 e. The Labute approximate surface area is 165 Å². The molecule has 0 unspecified atom stereocenters. The van der Waals surface area contributed by atoms with Crippen LogP contribution in [0.15, 0.2) is 48.7 Å². The lowest BCUT2D eigenvalue weighted by atomic mass is 10.1. The zero-order valence-electron chi connectivity index (χ0n) is 16.3. The van der Waals surface area contributed by atoms with Gasteiger partial charge in [-0.15, -0.1) is 5.10 Å². The number of rotatable bonds is 7. The zero-order valence-corrected chi connectivity index (χ0v) is 16.3. The highest BCUT2D eigenvalue weighted by Gasteiger charge is 2.08. The number of nitrogens with zero attached hydrogens (tertiary/aromatic N) is 5. The van der Waals surface area contributed by atoms with Gasteiger partial charge in [0.2, 0.25) is 5.95 Å². The van der Waals surface area contributed by atoms with Gasteiger partial charge in [0, 0.05) is 24.5 Å². The molecule has 3 rings (SSSR count). The van der Waals surface area contributed by atoms with Gasteiger partial charge in [0.15, 0.2) is 5.82 Å². The van der Waals surface area contributed by atoms with Crippen molar-refractivity contribution in [3.8, 4) is 6.07 Å². The van der Waals surface area contributed by atoms with E-state index < -0.39 is 0 Å². The van der Waals surface area contributed by atoms with Gasteiger partial charge in [-0.1, -0.05) is 12.1 Å². The number of nitrogens with one attached hydrogen (secondary N) is 2. The lowest BCUT2D eigenvalue weighted by Gasteiger charge is -2.22. The predicted octanol–water partition coefficient (Wildman–Crippen LogP) is 4.39. The lowest BCUT2D eigenvalue weighted by Crippen LogP contribution is -2.21. The third-order valence-corrected chi connectivity index (χ3v) is 4.45. The molecule has 2 N–H and O–H groups in total. The van der Waals surface area contributed by atoms with E-state index in [2.05, 4.69) is 62.8 Å². The molecular weight excluding hydrogens is 350 g/mol. The topological polar surface area (TPSA) is 89.8 Å². The molecule has 142 valence electrons. The second-order valence-electron chi connectivity index (χ2n) is 6.24. The Morgan fingerprint density at radius 1 is 1.04 bits per heavy atom. The molecule has 0 bridgehead atoms. The predicted molar refractivity (Wildman–Crippen MR) is 112 cm³/mol. The van der Waals surface area contributed by atoms with Crippen LogP contribution in [0.3, 0.4) is 0 Å². The van der Waals surface area contributed by atoms with E-state index in [1.807, 2.05) is 31.2 Å². The van der Waals surface area contributed by atoms with Crippen molar-refractivity contribution >= 4 is 28.8 Å². The zero-order chi connectivity index (χ0) is 19.9. The van der Waals surface area contributed by atoms with E-state index in [-0.39, 0.29) is 0 Å². The van der Waals surface area contributed by atoms with Crippen molar-refractivity contribution in [1.82, 2.24) is 15.2 Å². The number of hydrogen-bond donors (Lipinski definition) is 2. The Balaban J connectivity index is 1.79. The summed E-state index contributed by atoms with van der Waals surface area (Å²) in [6.45, 7) is 8.27. The number of aromatic nitrogens is 3. The van der Waals surface area contributed by atoms with Gasteiger partial charge in [-0.05, 0) is 56.7 Å². The number of anilines is 5. The van der Waals surface area contributed by atoms with Gasteiger partial charge >= 0.3 is 0 Å². The van der Waals surface area contributed by atoms with Crippen molar-refractivity contribution in [2.75, 3.05) is 28.6 Å². The van der Waals surface area contributed by atoms with Crippen LogP contribution < -0.4 is 15.5 Å². The Kier molecular flexibility index (Phi) is 6.02. The minimum atomic E-state index is 0.387. The van der Waals surface area contributed by atoms with Crippen LogP contribution in [-0.2, 0) is 0 Å². The summed E-state index contributed by atoms with van der Waals surface area (Å²) in [6, 6.07) is 15.7. The molecule has 28 heavy (non-hydrogen) atoms. The monoisotopic (exact) mass is 373 g/mol. The standard InChI is InChI=1S/C21H23N7/c1-4-28(5-2)17-10-11-18(15(3)12-17)25-21-26-20(14-23-27-21)24-19-9-7-6-8-16(19)13-22/h6-12,14H,4-5H2,1-3H3,(H2,24,25,26,27). The summed E-state index contributed by atoms with van der Waals surface area (Å²) < 4.78 is 0. The second-order valence-corrected chi connectivity index (χ2v) is 6.24. The first-order chi connectivity index (χ1) is 13.6. The van der Waals surface area contributed by atoms with Crippen LogP contribution >= 0.6 is 0 Å². The van der Waals surface area contributed by atoms with Gasteiger partial charge < -0.3 is 15.5 Å².